The number of sulfonamides is 1. The van der Waals surface area contributed by atoms with Crippen LogP contribution in [0.2, 0.25) is 5.02 Å². The van der Waals surface area contributed by atoms with E-state index < -0.39 is 10.0 Å². The second kappa shape index (κ2) is 10.4. The summed E-state index contributed by atoms with van der Waals surface area (Å²) in [6.45, 7) is 0.865. The average Bonchev–Trinajstić information content (AvgIpc) is 3.22. The largest absolute Gasteiger partial charge is 0.370 e. The Bertz CT molecular complexity index is 1420. The fourth-order valence-electron chi connectivity index (χ4n) is 3.39. The molecule has 34 heavy (non-hydrogen) atoms. The molecule has 0 unspecified atom stereocenters. The lowest BCUT2D eigenvalue weighted by Crippen LogP contribution is -2.27. The zero-order chi connectivity index (χ0) is 24.1. The molecule has 2 radical (unpaired) electrons. The summed E-state index contributed by atoms with van der Waals surface area (Å²) in [5.41, 5.74) is 3.25. The molecule has 2 aromatic carbocycles. The number of anilines is 1. The van der Waals surface area contributed by atoms with Crippen LogP contribution < -0.4 is 10.8 Å². The van der Waals surface area contributed by atoms with Crippen LogP contribution >= 0.6 is 11.6 Å². The van der Waals surface area contributed by atoms with Crippen molar-refractivity contribution in [1.82, 2.24) is 18.9 Å². The maximum absolute atomic E-state index is 12.5. The number of nitrogens with one attached hydrogen (secondary N) is 1. The molecule has 0 aliphatic heterocycles. The Kier molecular flexibility index (Phi) is 7.36. The first-order valence-electron chi connectivity index (χ1n) is 10.7. The summed E-state index contributed by atoms with van der Waals surface area (Å²) >= 11 is 6.36. The maximum Gasteiger partial charge on any atom is 0.235 e. The summed E-state index contributed by atoms with van der Waals surface area (Å²) < 4.78 is 28.1. The SMILES string of the molecule is [B]c1cnn2c(NCCCN(C)S(=O)(=O)/C=C/c3ccccc3)cc(-c3ccccc3Cl)nc12. The zero-order valence-electron chi connectivity index (χ0n) is 18.6. The summed E-state index contributed by atoms with van der Waals surface area (Å²) in [5, 5.41) is 9.43. The Hall–Kier alpha value is -3.14. The summed E-state index contributed by atoms with van der Waals surface area (Å²) in [5.74, 6) is 0.686. The molecular formula is C24H23BClN5O2S. The van der Waals surface area contributed by atoms with Crippen molar-refractivity contribution in [2.75, 3.05) is 25.5 Å². The Morgan fingerprint density at radius 3 is 2.65 bits per heavy atom. The van der Waals surface area contributed by atoms with E-state index in [1.54, 1.807) is 29.9 Å². The molecule has 0 amide bonds. The minimum absolute atomic E-state index is 0.349. The zero-order valence-corrected chi connectivity index (χ0v) is 20.2. The highest BCUT2D eigenvalue weighted by atomic mass is 35.5. The number of nitrogens with zero attached hydrogens (tertiary/aromatic N) is 4. The van der Waals surface area contributed by atoms with Gasteiger partial charge in [0.1, 0.15) is 13.7 Å². The number of aromatic nitrogens is 3. The molecule has 172 valence electrons. The predicted molar refractivity (Wildman–Crippen MR) is 139 cm³/mol. The van der Waals surface area contributed by atoms with Gasteiger partial charge in [-0.2, -0.15) is 9.61 Å². The van der Waals surface area contributed by atoms with E-state index in [1.807, 2.05) is 54.6 Å². The van der Waals surface area contributed by atoms with Crippen molar-refractivity contribution in [3.8, 4) is 11.3 Å². The van der Waals surface area contributed by atoms with Crippen LogP contribution in [0, 0.1) is 0 Å². The van der Waals surface area contributed by atoms with Gasteiger partial charge >= 0.3 is 0 Å². The molecule has 4 aromatic rings. The Morgan fingerprint density at radius 1 is 1.15 bits per heavy atom. The molecule has 0 saturated heterocycles. The van der Waals surface area contributed by atoms with Gasteiger partial charge in [-0.1, -0.05) is 60.1 Å². The van der Waals surface area contributed by atoms with E-state index in [2.05, 4.69) is 15.4 Å². The molecule has 2 heterocycles. The van der Waals surface area contributed by atoms with Crippen LogP contribution in [-0.2, 0) is 10.0 Å². The average molecular weight is 492 g/mol. The van der Waals surface area contributed by atoms with Crippen molar-refractivity contribution in [3.05, 3.63) is 82.9 Å². The van der Waals surface area contributed by atoms with Crippen molar-refractivity contribution in [2.24, 2.45) is 0 Å². The van der Waals surface area contributed by atoms with Gasteiger partial charge < -0.3 is 5.32 Å². The van der Waals surface area contributed by atoms with Gasteiger partial charge in [0.15, 0.2) is 5.65 Å². The molecule has 0 spiro atoms. The topological polar surface area (TPSA) is 79.6 Å². The highest BCUT2D eigenvalue weighted by Crippen LogP contribution is 2.28. The summed E-state index contributed by atoms with van der Waals surface area (Å²) in [6, 6.07) is 18.6. The lowest BCUT2D eigenvalue weighted by atomic mass is 10.0. The highest BCUT2D eigenvalue weighted by Gasteiger charge is 2.15. The normalized spacial score (nSPS) is 12.1. The van der Waals surface area contributed by atoms with Gasteiger partial charge in [0.2, 0.25) is 10.0 Å². The Labute approximate surface area is 205 Å². The van der Waals surface area contributed by atoms with Crippen molar-refractivity contribution >= 4 is 52.5 Å². The number of hydrogen-bond acceptors (Lipinski definition) is 5. The van der Waals surface area contributed by atoms with Crippen LogP contribution in [0.4, 0.5) is 5.82 Å². The third-order valence-electron chi connectivity index (χ3n) is 5.27. The van der Waals surface area contributed by atoms with Gasteiger partial charge in [-0.25, -0.2) is 17.7 Å². The van der Waals surface area contributed by atoms with Gasteiger partial charge in [0.25, 0.3) is 0 Å². The highest BCUT2D eigenvalue weighted by molar-refractivity contribution is 7.92. The Morgan fingerprint density at radius 2 is 1.88 bits per heavy atom. The second-order valence-corrected chi connectivity index (χ2v) is 10.0. The lowest BCUT2D eigenvalue weighted by Gasteiger charge is -2.16. The molecule has 0 saturated carbocycles. The van der Waals surface area contributed by atoms with Crippen LogP contribution in [0.15, 0.2) is 72.3 Å². The molecule has 0 atom stereocenters. The lowest BCUT2D eigenvalue weighted by molar-refractivity contribution is 0.473. The van der Waals surface area contributed by atoms with Crippen LogP contribution in [0.1, 0.15) is 12.0 Å². The maximum atomic E-state index is 12.5. The molecule has 0 fully saturated rings. The molecule has 2 aromatic heterocycles. The van der Waals surface area contributed by atoms with E-state index in [4.69, 9.17) is 19.4 Å². The van der Waals surface area contributed by atoms with Gasteiger partial charge in [-0.05, 0) is 29.6 Å². The minimum Gasteiger partial charge on any atom is -0.370 e. The molecule has 4 rings (SSSR count). The van der Waals surface area contributed by atoms with E-state index in [1.165, 1.54) is 9.71 Å². The predicted octanol–water partition coefficient (Wildman–Crippen LogP) is 3.58. The molecular weight excluding hydrogens is 469 g/mol. The van der Waals surface area contributed by atoms with Crippen LogP contribution in [0.25, 0.3) is 23.0 Å². The second-order valence-electron chi connectivity index (χ2n) is 7.70. The number of halogens is 1. The first-order chi connectivity index (χ1) is 16.3. The molecule has 7 nitrogen and oxygen atoms in total. The van der Waals surface area contributed by atoms with Crippen LogP contribution in [0.3, 0.4) is 0 Å². The van der Waals surface area contributed by atoms with Crippen molar-refractivity contribution in [1.29, 1.82) is 0 Å². The number of rotatable bonds is 9. The van der Waals surface area contributed by atoms with Crippen molar-refractivity contribution < 1.29 is 8.42 Å². The summed E-state index contributed by atoms with van der Waals surface area (Å²) in [4.78, 5) is 4.62. The van der Waals surface area contributed by atoms with E-state index in [-0.39, 0.29) is 0 Å². The van der Waals surface area contributed by atoms with Crippen LogP contribution in [-0.4, -0.2) is 55.3 Å². The van der Waals surface area contributed by atoms with Gasteiger partial charge in [-0.15, -0.1) is 0 Å². The van der Waals surface area contributed by atoms with E-state index in [0.717, 1.165) is 11.1 Å². The fourth-order valence-corrected chi connectivity index (χ4v) is 4.54. The molecule has 1 N–H and O–H groups in total. The number of hydrogen-bond donors (Lipinski definition) is 1. The summed E-state index contributed by atoms with van der Waals surface area (Å²) in [6.07, 6.45) is 3.72. The quantitative estimate of drug-likeness (QED) is 0.286. The van der Waals surface area contributed by atoms with Crippen LogP contribution in [0.5, 0.6) is 0 Å². The standard InChI is InChI=1S/C24H23BClN5O2S/c1-30(34(32,33)15-12-18-8-3-2-4-9-18)14-7-13-27-23-16-22(19-10-5-6-11-21(19)26)29-24-20(25)17-28-31(23)24/h2-6,8-12,15-17,27H,7,13-14H2,1H3/b15-12+. The number of benzene rings is 2. The van der Waals surface area contributed by atoms with Gasteiger partial charge in [-0.3, -0.25) is 0 Å². The van der Waals surface area contributed by atoms with E-state index in [0.29, 0.717) is 47.2 Å². The van der Waals surface area contributed by atoms with Crippen molar-refractivity contribution in [3.63, 3.8) is 0 Å². The Balaban J connectivity index is 1.43. The van der Waals surface area contributed by atoms with Crippen molar-refractivity contribution in [2.45, 2.75) is 6.42 Å². The third-order valence-corrected chi connectivity index (χ3v) is 7.13. The molecule has 0 bridgehead atoms. The fraction of sp³-hybridized carbons (Fsp3) is 0.167. The molecule has 0 aliphatic carbocycles. The van der Waals surface area contributed by atoms with E-state index >= 15 is 0 Å². The minimum atomic E-state index is -3.52. The molecule has 0 aliphatic rings. The molecule has 10 heteroatoms. The first kappa shape index (κ1) is 24.0. The van der Waals surface area contributed by atoms with E-state index in [9.17, 15) is 8.42 Å². The first-order valence-corrected chi connectivity index (χ1v) is 12.6. The van der Waals surface area contributed by atoms with Gasteiger partial charge in [0, 0.05) is 48.4 Å². The third kappa shape index (κ3) is 5.49. The smallest absolute Gasteiger partial charge is 0.235 e. The van der Waals surface area contributed by atoms with Gasteiger partial charge in [0.05, 0.1) is 5.69 Å². The monoisotopic (exact) mass is 491 g/mol. The number of fused-ring (bicyclic) bond motifs is 1. The summed E-state index contributed by atoms with van der Waals surface area (Å²) in [7, 11) is 4.11.